The highest BCUT2D eigenvalue weighted by Crippen LogP contribution is 2.36. The molecule has 0 saturated heterocycles. The van der Waals surface area contributed by atoms with Gasteiger partial charge in [0.15, 0.2) is 27.8 Å². The Hall–Kier alpha value is -4.31. The minimum Gasteiger partial charge on any atom is -0.490 e. The lowest BCUT2D eigenvalue weighted by Gasteiger charge is -2.25. The van der Waals surface area contributed by atoms with Crippen molar-refractivity contribution in [2.75, 3.05) is 33.0 Å². The predicted octanol–water partition coefficient (Wildman–Crippen LogP) is 3.53. The quantitative estimate of drug-likeness (QED) is 0.291. The SMILES string of the molecule is C=CCOc1ccc(C2C(C(=O)OCC)=C(C)N=c3s/c(=C\c4ccc5c(c4)OCCO5)c(=O)n32)cc1OCC. The van der Waals surface area contributed by atoms with Gasteiger partial charge >= 0.3 is 5.97 Å². The molecule has 2 aliphatic rings. The number of benzene rings is 2. The summed E-state index contributed by atoms with van der Waals surface area (Å²) in [6, 6.07) is 10.2. The molecule has 9 nitrogen and oxygen atoms in total. The molecule has 3 aromatic rings. The molecule has 0 N–H and O–H groups in total. The van der Waals surface area contributed by atoms with Crippen molar-refractivity contribution in [1.29, 1.82) is 0 Å². The summed E-state index contributed by atoms with van der Waals surface area (Å²) in [6.45, 7) is 10.9. The van der Waals surface area contributed by atoms with Crippen molar-refractivity contribution in [3.63, 3.8) is 0 Å². The first-order chi connectivity index (χ1) is 19.4. The van der Waals surface area contributed by atoms with Crippen molar-refractivity contribution in [3.05, 3.63) is 91.1 Å². The van der Waals surface area contributed by atoms with Gasteiger partial charge in [0.2, 0.25) is 0 Å². The minimum atomic E-state index is -0.773. The fraction of sp³-hybridized carbons (Fsp3) is 0.300. The first kappa shape index (κ1) is 27.3. The van der Waals surface area contributed by atoms with Gasteiger partial charge in [-0.1, -0.05) is 36.1 Å². The van der Waals surface area contributed by atoms with E-state index in [1.165, 1.54) is 11.3 Å². The van der Waals surface area contributed by atoms with Crippen LogP contribution in [0, 0.1) is 0 Å². The van der Waals surface area contributed by atoms with E-state index in [9.17, 15) is 9.59 Å². The van der Waals surface area contributed by atoms with E-state index in [4.69, 9.17) is 23.7 Å². The Kier molecular flexibility index (Phi) is 8.06. The second kappa shape index (κ2) is 11.8. The highest BCUT2D eigenvalue weighted by Gasteiger charge is 2.34. The summed E-state index contributed by atoms with van der Waals surface area (Å²) in [5, 5.41) is 0. The van der Waals surface area contributed by atoms with Crippen LogP contribution in [0.1, 0.15) is 37.9 Å². The molecule has 0 fully saturated rings. The van der Waals surface area contributed by atoms with Crippen LogP contribution in [0.2, 0.25) is 0 Å². The molecule has 0 aliphatic carbocycles. The summed E-state index contributed by atoms with van der Waals surface area (Å²) in [5.74, 6) is 1.81. The molecule has 5 rings (SSSR count). The van der Waals surface area contributed by atoms with Gasteiger partial charge in [-0.15, -0.1) is 0 Å². The van der Waals surface area contributed by atoms with Gasteiger partial charge in [0.25, 0.3) is 5.56 Å². The van der Waals surface area contributed by atoms with E-state index in [0.717, 1.165) is 5.56 Å². The maximum Gasteiger partial charge on any atom is 0.338 e. The molecule has 0 radical (unpaired) electrons. The molecule has 0 bridgehead atoms. The van der Waals surface area contributed by atoms with Gasteiger partial charge in [-0.25, -0.2) is 9.79 Å². The zero-order valence-electron chi connectivity index (χ0n) is 22.6. The molecule has 1 aromatic heterocycles. The number of hydrogen-bond acceptors (Lipinski definition) is 9. The molecule has 0 spiro atoms. The van der Waals surface area contributed by atoms with E-state index in [0.29, 0.717) is 75.6 Å². The van der Waals surface area contributed by atoms with E-state index in [2.05, 4.69) is 11.6 Å². The average Bonchev–Trinajstić information content (AvgIpc) is 3.25. The molecule has 1 unspecified atom stereocenters. The number of hydrogen-bond donors (Lipinski definition) is 0. The van der Waals surface area contributed by atoms with Crippen molar-refractivity contribution in [3.8, 4) is 23.0 Å². The largest absolute Gasteiger partial charge is 0.490 e. The third-order valence-corrected chi connectivity index (χ3v) is 7.30. The van der Waals surface area contributed by atoms with Crippen LogP contribution >= 0.6 is 11.3 Å². The maximum atomic E-state index is 13.9. The number of carbonyl (C=O) groups excluding carboxylic acids is 1. The molecular formula is C30H30N2O7S. The Bertz CT molecular complexity index is 1670. The van der Waals surface area contributed by atoms with Gasteiger partial charge < -0.3 is 23.7 Å². The van der Waals surface area contributed by atoms with E-state index < -0.39 is 12.0 Å². The smallest absolute Gasteiger partial charge is 0.338 e. The molecule has 10 heteroatoms. The summed E-state index contributed by atoms with van der Waals surface area (Å²) in [6.07, 6.45) is 3.44. The van der Waals surface area contributed by atoms with Crippen LogP contribution < -0.4 is 33.8 Å². The zero-order chi connectivity index (χ0) is 28.2. The van der Waals surface area contributed by atoms with Crippen molar-refractivity contribution in [1.82, 2.24) is 4.57 Å². The first-order valence-corrected chi connectivity index (χ1v) is 13.9. The summed E-state index contributed by atoms with van der Waals surface area (Å²) < 4.78 is 30.3. The van der Waals surface area contributed by atoms with Crippen molar-refractivity contribution < 1.29 is 28.5 Å². The van der Waals surface area contributed by atoms with Crippen LogP contribution in [0.25, 0.3) is 6.08 Å². The number of esters is 1. The Balaban J connectivity index is 1.67. The summed E-state index contributed by atoms with van der Waals surface area (Å²) in [5.41, 5.74) is 1.96. The number of nitrogens with zero attached hydrogens (tertiary/aromatic N) is 2. The topological polar surface area (TPSA) is 97.6 Å². The van der Waals surface area contributed by atoms with Gasteiger partial charge in [0.05, 0.1) is 35.1 Å². The molecule has 2 aliphatic heterocycles. The Morgan fingerprint density at radius 1 is 1.10 bits per heavy atom. The number of rotatable bonds is 9. The van der Waals surface area contributed by atoms with Crippen molar-refractivity contribution >= 4 is 23.4 Å². The summed E-state index contributed by atoms with van der Waals surface area (Å²) >= 11 is 1.26. The molecule has 3 heterocycles. The molecule has 0 amide bonds. The first-order valence-electron chi connectivity index (χ1n) is 13.0. The predicted molar refractivity (Wildman–Crippen MR) is 151 cm³/mol. The monoisotopic (exact) mass is 562 g/mol. The molecule has 1 atom stereocenters. The normalized spacial score (nSPS) is 16.2. The van der Waals surface area contributed by atoms with Crippen LogP contribution in [-0.4, -0.2) is 43.6 Å². The number of aromatic nitrogens is 1. The van der Waals surface area contributed by atoms with E-state index in [-0.39, 0.29) is 12.2 Å². The molecule has 2 aromatic carbocycles. The lowest BCUT2D eigenvalue weighted by atomic mass is 9.95. The standard InChI is InChI=1S/C30H30N2O7S/c1-5-12-37-22-11-9-20(17-24(22)35-6-2)27-26(29(34)36-7-3)18(4)31-30-32(27)28(33)25(40-30)16-19-8-10-21-23(15-19)39-14-13-38-21/h5,8-11,15-17,27H,1,6-7,12-14H2,2-4H3/b25-16-. The van der Waals surface area contributed by atoms with Crippen LogP contribution in [0.5, 0.6) is 23.0 Å². The summed E-state index contributed by atoms with van der Waals surface area (Å²) in [7, 11) is 0. The highest BCUT2D eigenvalue weighted by molar-refractivity contribution is 7.07. The number of carbonyl (C=O) groups is 1. The fourth-order valence-corrected chi connectivity index (χ4v) is 5.69. The second-order valence-corrected chi connectivity index (χ2v) is 9.95. The molecule has 208 valence electrons. The summed E-state index contributed by atoms with van der Waals surface area (Å²) in [4.78, 5) is 32.3. The zero-order valence-corrected chi connectivity index (χ0v) is 23.4. The van der Waals surface area contributed by atoms with E-state index >= 15 is 0 Å². The number of allylic oxidation sites excluding steroid dienone is 1. The average molecular weight is 563 g/mol. The second-order valence-electron chi connectivity index (χ2n) is 8.94. The Morgan fingerprint density at radius 3 is 2.65 bits per heavy atom. The van der Waals surface area contributed by atoms with Gasteiger partial charge in [-0.2, -0.15) is 0 Å². The number of ether oxygens (including phenoxy) is 5. The van der Waals surface area contributed by atoms with E-state index in [1.807, 2.05) is 31.2 Å². The Labute approximate surface area is 235 Å². The van der Waals surface area contributed by atoms with Crippen LogP contribution in [0.4, 0.5) is 0 Å². The van der Waals surface area contributed by atoms with Crippen molar-refractivity contribution in [2.24, 2.45) is 4.99 Å². The molecule has 40 heavy (non-hydrogen) atoms. The maximum absolute atomic E-state index is 13.9. The van der Waals surface area contributed by atoms with E-state index in [1.54, 1.807) is 42.7 Å². The van der Waals surface area contributed by atoms with Crippen LogP contribution in [-0.2, 0) is 9.53 Å². The van der Waals surface area contributed by atoms with Gasteiger partial charge in [-0.05, 0) is 62.2 Å². The van der Waals surface area contributed by atoms with Gasteiger partial charge in [0, 0.05) is 0 Å². The third kappa shape index (κ3) is 5.27. The third-order valence-electron chi connectivity index (χ3n) is 6.32. The van der Waals surface area contributed by atoms with Crippen molar-refractivity contribution in [2.45, 2.75) is 26.8 Å². The fourth-order valence-electron chi connectivity index (χ4n) is 4.64. The highest BCUT2D eigenvalue weighted by atomic mass is 32.1. The van der Waals surface area contributed by atoms with Gasteiger partial charge in [-0.3, -0.25) is 9.36 Å². The lowest BCUT2D eigenvalue weighted by Crippen LogP contribution is -2.40. The lowest BCUT2D eigenvalue weighted by molar-refractivity contribution is -0.139. The van der Waals surface area contributed by atoms with Gasteiger partial charge in [0.1, 0.15) is 19.8 Å². The minimum absolute atomic E-state index is 0.190. The number of thiazole rings is 1. The Morgan fingerprint density at radius 2 is 1.90 bits per heavy atom. The molecular weight excluding hydrogens is 532 g/mol. The van der Waals surface area contributed by atoms with Crippen LogP contribution in [0.15, 0.2) is 70.1 Å². The van der Waals surface area contributed by atoms with Crippen LogP contribution in [0.3, 0.4) is 0 Å². The molecule has 0 saturated carbocycles. The number of fused-ring (bicyclic) bond motifs is 2.